The number of amides is 2. The fraction of sp³-hybridized carbons (Fsp3) is 0.310. The number of fused-ring (bicyclic) bond motifs is 1. The Bertz CT molecular complexity index is 1700. The van der Waals surface area contributed by atoms with E-state index in [2.05, 4.69) is 11.1 Å². The van der Waals surface area contributed by atoms with Crippen LogP contribution in [0.4, 0.5) is 5.69 Å². The molecule has 1 aliphatic rings. The summed E-state index contributed by atoms with van der Waals surface area (Å²) >= 11 is 0. The number of hydrogen-bond acceptors (Lipinski definition) is 10. The van der Waals surface area contributed by atoms with Gasteiger partial charge in [0.15, 0.2) is 5.54 Å². The van der Waals surface area contributed by atoms with Crippen LogP contribution in [0.3, 0.4) is 0 Å². The highest BCUT2D eigenvalue weighted by molar-refractivity contribution is 7.93. The van der Waals surface area contributed by atoms with Crippen LogP contribution in [0, 0.1) is 11.3 Å². The topological polar surface area (TPSA) is 142 Å². The number of hydrogen-bond donors (Lipinski definition) is 0. The minimum absolute atomic E-state index is 0.000806. The summed E-state index contributed by atoms with van der Waals surface area (Å²) in [5.74, 6) is -0.917. The van der Waals surface area contributed by atoms with E-state index in [1.807, 2.05) is 0 Å². The summed E-state index contributed by atoms with van der Waals surface area (Å²) in [6, 6.07) is 12.7. The van der Waals surface area contributed by atoms with Crippen LogP contribution in [0.1, 0.15) is 23.6 Å². The lowest BCUT2D eigenvalue weighted by Crippen LogP contribution is -2.59. The smallest absolute Gasteiger partial charge is 0.274 e. The van der Waals surface area contributed by atoms with Crippen molar-refractivity contribution in [1.82, 2.24) is 14.8 Å². The molecule has 42 heavy (non-hydrogen) atoms. The third-order valence-electron chi connectivity index (χ3n) is 7.38. The van der Waals surface area contributed by atoms with Gasteiger partial charge in [-0.3, -0.25) is 14.5 Å². The number of likely N-dealkylation sites (N-methyl/N-ethyl adjacent to an activating group) is 2. The zero-order valence-electron chi connectivity index (χ0n) is 24.3. The Kier molecular flexibility index (Phi) is 8.15. The molecule has 220 valence electrons. The predicted molar refractivity (Wildman–Crippen MR) is 153 cm³/mol. The molecule has 0 radical (unpaired) electrons. The van der Waals surface area contributed by atoms with Gasteiger partial charge in [0, 0.05) is 37.5 Å². The molecule has 2 amide bonds. The van der Waals surface area contributed by atoms with Crippen LogP contribution in [-0.2, 0) is 25.2 Å². The van der Waals surface area contributed by atoms with Gasteiger partial charge in [-0.25, -0.2) is 17.7 Å². The Balaban J connectivity index is 2.13. The number of aromatic nitrogens is 1. The van der Waals surface area contributed by atoms with Gasteiger partial charge in [-0.15, -0.1) is 0 Å². The number of pyridine rings is 1. The van der Waals surface area contributed by atoms with Gasteiger partial charge in [0.1, 0.15) is 16.4 Å². The van der Waals surface area contributed by atoms with E-state index in [1.54, 1.807) is 40.2 Å². The number of carbonyl (C=O) groups is 2. The van der Waals surface area contributed by atoms with E-state index in [0.29, 0.717) is 10.1 Å². The molecule has 2 atom stereocenters. The quantitative estimate of drug-likeness (QED) is 0.363. The fourth-order valence-corrected chi connectivity index (χ4v) is 6.82. The maximum absolute atomic E-state index is 15.0. The van der Waals surface area contributed by atoms with Crippen molar-refractivity contribution in [2.45, 2.75) is 23.4 Å². The highest BCUT2D eigenvalue weighted by Gasteiger charge is 2.61. The van der Waals surface area contributed by atoms with Gasteiger partial charge in [-0.2, -0.15) is 5.26 Å². The van der Waals surface area contributed by atoms with Gasteiger partial charge in [0.2, 0.25) is 11.8 Å². The van der Waals surface area contributed by atoms with Crippen molar-refractivity contribution in [2.24, 2.45) is 0 Å². The summed E-state index contributed by atoms with van der Waals surface area (Å²) in [6.07, 6.45) is 1.47. The minimum atomic E-state index is -4.65. The number of nitriles is 1. The molecule has 1 aromatic heterocycles. The number of anilines is 1. The van der Waals surface area contributed by atoms with Gasteiger partial charge in [0.25, 0.3) is 15.9 Å². The Labute approximate surface area is 244 Å². The molecule has 1 unspecified atom stereocenters. The number of rotatable bonds is 9. The van der Waals surface area contributed by atoms with E-state index in [4.69, 9.17) is 14.2 Å². The average molecular weight is 594 g/mol. The number of nitrogens with zero attached hydrogens (tertiary/aromatic N) is 5. The maximum atomic E-state index is 15.0. The highest BCUT2D eigenvalue weighted by atomic mass is 32.2. The number of sulfonamides is 1. The molecule has 3 aromatic rings. The Morgan fingerprint density at radius 1 is 1.02 bits per heavy atom. The molecular weight excluding hydrogens is 562 g/mol. The number of ether oxygens (including phenoxy) is 3. The molecule has 0 bridgehead atoms. The molecule has 2 heterocycles. The summed E-state index contributed by atoms with van der Waals surface area (Å²) in [7, 11) is 4.16. The molecule has 0 fully saturated rings. The molecule has 0 aliphatic carbocycles. The van der Waals surface area contributed by atoms with E-state index in [9.17, 15) is 23.3 Å². The van der Waals surface area contributed by atoms with Crippen molar-refractivity contribution >= 4 is 27.5 Å². The lowest BCUT2D eigenvalue weighted by Gasteiger charge is -2.41. The second-order valence-corrected chi connectivity index (χ2v) is 11.5. The lowest BCUT2D eigenvalue weighted by molar-refractivity contribution is -0.138. The highest BCUT2D eigenvalue weighted by Crippen LogP contribution is 2.53. The normalized spacial score (nSPS) is 16.9. The lowest BCUT2D eigenvalue weighted by atomic mass is 9.81. The second-order valence-electron chi connectivity index (χ2n) is 9.73. The van der Waals surface area contributed by atoms with Crippen LogP contribution in [-0.4, -0.2) is 83.5 Å². The van der Waals surface area contributed by atoms with Crippen molar-refractivity contribution in [3.05, 3.63) is 71.4 Å². The Hall–Kier alpha value is -4.67. The number of benzene rings is 2. The number of methoxy groups -OCH3 is 3. The van der Waals surface area contributed by atoms with Crippen LogP contribution in [0.25, 0.3) is 0 Å². The number of carbonyl (C=O) groups excluding carboxylic acids is 2. The fourth-order valence-electron chi connectivity index (χ4n) is 5.22. The molecular formula is C29H31N5O7S. The van der Waals surface area contributed by atoms with Crippen LogP contribution < -0.4 is 18.5 Å². The zero-order chi connectivity index (χ0) is 31.0. The third-order valence-corrected chi connectivity index (χ3v) is 9.12. The van der Waals surface area contributed by atoms with Crippen molar-refractivity contribution in [3.8, 4) is 23.4 Å². The first kappa shape index (κ1) is 30.3. The van der Waals surface area contributed by atoms with Gasteiger partial charge in [-0.1, -0.05) is 0 Å². The first-order valence-electron chi connectivity index (χ1n) is 12.7. The third kappa shape index (κ3) is 4.49. The summed E-state index contributed by atoms with van der Waals surface area (Å²) in [4.78, 5) is 35.1. The average Bonchev–Trinajstić information content (AvgIpc) is 3.27. The molecule has 0 saturated heterocycles. The molecule has 0 spiro atoms. The summed E-state index contributed by atoms with van der Waals surface area (Å²) in [5.41, 5.74) is -1.43. The molecule has 1 aliphatic heterocycles. The second kappa shape index (κ2) is 11.3. The molecule has 0 saturated carbocycles. The summed E-state index contributed by atoms with van der Waals surface area (Å²) < 4.78 is 45.7. The van der Waals surface area contributed by atoms with Crippen LogP contribution in [0.15, 0.2) is 59.6 Å². The molecule has 2 aromatic carbocycles. The van der Waals surface area contributed by atoms with Crippen LogP contribution in [0.5, 0.6) is 17.4 Å². The molecule has 0 N–H and O–H groups in total. The zero-order valence-corrected chi connectivity index (χ0v) is 25.1. The monoisotopic (exact) mass is 593 g/mol. The van der Waals surface area contributed by atoms with Crippen LogP contribution >= 0.6 is 0 Å². The Morgan fingerprint density at radius 3 is 2.33 bits per heavy atom. The molecule has 12 nitrogen and oxygen atoms in total. The SMILES string of the molecule is COc1ccc(S(=O)(=O)N2C(=O)C(c3cccnc3OC)(N(C)[C@@H](C)C(=O)N(C)C)c3cc(C#N)ccc32)c(OC)c1. The van der Waals surface area contributed by atoms with Crippen molar-refractivity contribution in [1.29, 1.82) is 5.26 Å². The van der Waals surface area contributed by atoms with Gasteiger partial charge in [0.05, 0.1) is 44.7 Å². The standard InChI is InChI=1S/C29H31N5O7S/c1-18(27(35)32(2)3)33(4)29(21-9-8-14-31-26(21)41-7)22-15-19(17-30)10-12-23(22)34(28(29)36)42(37,38)25-13-11-20(39-5)16-24(25)40-6/h8-16,18H,1-7H3/t18-,29?/m0/s1. The molecule has 13 heteroatoms. The van der Waals surface area contributed by atoms with E-state index in [1.165, 1.54) is 73.7 Å². The molecule has 4 rings (SSSR count). The van der Waals surface area contributed by atoms with Crippen molar-refractivity contribution in [2.75, 3.05) is 46.8 Å². The van der Waals surface area contributed by atoms with E-state index < -0.39 is 27.5 Å². The first-order valence-corrected chi connectivity index (χ1v) is 14.2. The maximum Gasteiger partial charge on any atom is 0.274 e. The predicted octanol–water partition coefficient (Wildman–Crippen LogP) is 2.37. The van der Waals surface area contributed by atoms with Crippen LogP contribution in [0.2, 0.25) is 0 Å². The van der Waals surface area contributed by atoms with Crippen molar-refractivity contribution in [3.63, 3.8) is 0 Å². The van der Waals surface area contributed by atoms with Gasteiger partial charge >= 0.3 is 0 Å². The van der Waals surface area contributed by atoms with E-state index in [-0.39, 0.29) is 44.8 Å². The summed E-state index contributed by atoms with van der Waals surface area (Å²) in [6.45, 7) is 1.61. The first-order chi connectivity index (χ1) is 19.9. The van der Waals surface area contributed by atoms with Gasteiger partial charge < -0.3 is 19.1 Å². The van der Waals surface area contributed by atoms with Crippen molar-refractivity contribution < 1.29 is 32.2 Å². The van der Waals surface area contributed by atoms with E-state index in [0.717, 1.165) is 0 Å². The summed E-state index contributed by atoms with van der Waals surface area (Å²) in [5, 5.41) is 9.80. The largest absolute Gasteiger partial charge is 0.497 e. The minimum Gasteiger partial charge on any atom is -0.497 e. The van der Waals surface area contributed by atoms with Gasteiger partial charge in [-0.05, 0) is 56.4 Å². The van der Waals surface area contributed by atoms with E-state index >= 15 is 0 Å². The Morgan fingerprint density at radius 2 is 1.74 bits per heavy atom.